The van der Waals surface area contributed by atoms with Gasteiger partial charge < -0.3 is 0 Å². The van der Waals surface area contributed by atoms with Crippen molar-refractivity contribution in [2.24, 2.45) is 0 Å². The second-order valence-electron chi connectivity index (χ2n) is 5.49. The van der Waals surface area contributed by atoms with E-state index in [1.165, 1.54) is 34.4 Å². The van der Waals surface area contributed by atoms with Gasteiger partial charge >= 0.3 is 0 Å². The third-order valence-corrected chi connectivity index (χ3v) is 5.19. The van der Waals surface area contributed by atoms with Crippen LogP contribution in [-0.2, 0) is 6.54 Å². The van der Waals surface area contributed by atoms with Gasteiger partial charge in [-0.25, -0.2) is 14.4 Å². The van der Waals surface area contributed by atoms with Gasteiger partial charge in [-0.2, -0.15) is 0 Å². The summed E-state index contributed by atoms with van der Waals surface area (Å²) in [5, 5.41) is 3.25. The van der Waals surface area contributed by atoms with E-state index in [-0.39, 0.29) is 11.4 Å². The molecule has 0 saturated heterocycles. The summed E-state index contributed by atoms with van der Waals surface area (Å²) in [6, 6.07) is 11.6. The number of aromatic nitrogens is 3. The molecular weight excluding hydrogens is 405 g/mol. The second kappa shape index (κ2) is 6.50. The van der Waals surface area contributed by atoms with E-state index < -0.39 is 0 Å². The highest BCUT2D eigenvalue weighted by atomic mass is 79.9. The summed E-state index contributed by atoms with van der Waals surface area (Å²) in [7, 11) is 0. The molecule has 25 heavy (non-hydrogen) atoms. The third kappa shape index (κ3) is 3.25. The molecule has 0 aliphatic heterocycles. The van der Waals surface area contributed by atoms with Gasteiger partial charge in [0.25, 0.3) is 5.56 Å². The van der Waals surface area contributed by atoms with Crippen LogP contribution in [0.1, 0.15) is 5.69 Å². The van der Waals surface area contributed by atoms with Gasteiger partial charge in [-0.15, -0.1) is 11.3 Å². The Labute approximate surface area is 154 Å². The van der Waals surface area contributed by atoms with E-state index in [0.717, 1.165) is 20.7 Å². The molecule has 0 N–H and O–H groups in total. The Bertz CT molecular complexity index is 1120. The van der Waals surface area contributed by atoms with Crippen molar-refractivity contribution >= 4 is 38.2 Å². The van der Waals surface area contributed by atoms with Crippen molar-refractivity contribution in [1.82, 2.24) is 14.5 Å². The van der Waals surface area contributed by atoms with Crippen LogP contribution < -0.4 is 5.56 Å². The molecule has 0 bridgehead atoms. The zero-order valence-corrected chi connectivity index (χ0v) is 15.2. The van der Waals surface area contributed by atoms with Crippen LogP contribution in [0.3, 0.4) is 0 Å². The first-order chi connectivity index (χ1) is 12.1. The molecule has 0 fully saturated rings. The van der Waals surface area contributed by atoms with Crippen molar-refractivity contribution < 1.29 is 4.39 Å². The summed E-state index contributed by atoms with van der Waals surface area (Å²) in [6.45, 7) is 0.339. The Morgan fingerprint density at radius 1 is 1.16 bits per heavy atom. The van der Waals surface area contributed by atoms with Crippen molar-refractivity contribution in [2.75, 3.05) is 0 Å². The normalized spacial score (nSPS) is 11.1. The molecule has 0 unspecified atom stereocenters. The van der Waals surface area contributed by atoms with Crippen molar-refractivity contribution in [3.63, 3.8) is 0 Å². The molecule has 4 rings (SSSR count). The Hall–Kier alpha value is -2.38. The van der Waals surface area contributed by atoms with Crippen molar-refractivity contribution in [2.45, 2.75) is 6.54 Å². The number of benzene rings is 2. The monoisotopic (exact) mass is 415 g/mol. The predicted octanol–water partition coefficient (Wildman–Crippen LogP) is 4.47. The standard InChI is InChI=1S/C18H11BrFN3OS/c19-12-3-6-16-15(7-12)18(24)23(10-21-16)8-14-9-25-17(22-14)11-1-4-13(20)5-2-11/h1-7,9-10H,8H2. The van der Waals surface area contributed by atoms with Crippen LogP contribution in [0.15, 0.2) is 63.4 Å². The fourth-order valence-corrected chi connectivity index (χ4v) is 3.70. The fraction of sp³-hybridized carbons (Fsp3) is 0.0556. The second-order valence-corrected chi connectivity index (χ2v) is 7.26. The highest BCUT2D eigenvalue weighted by Crippen LogP contribution is 2.24. The van der Waals surface area contributed by atoms with Crippen LogP contribution >= 0.6 is 27.3 Å². The number of halogens is 2. The van der Waals surface area contributed by atoms with Crippen molar-refractivity contribution in [3.8, 4) is 10.6 Å². The topological polar surface area (TPSA) is 47.8 Å². The van der Waals surface area contributed by atoms with Crippen LogP contribution in [-0.4, -0.2) is 14.5 Å². The molecule has 0 aliphatic rings. The Morgan fingerprint density at radius 2 is 1.96 bits per heavy atom. The molecule has 2 heterocycles. The van der Waals surface area contributed by atoms with Gasteiger partial charge in [0.05, 0.1) is 29.5 Å². The maximum atomic E-state index is 13.0. The van der Waals surface area contributed by atoms with Crippen LogP contribution in [0.2, 0.25) is 0 Å². The van der Waals surface area contributed by atoms with E-state index in [1.807, 2.05) is 11.4 Å². The smallest absolute Gasteiger partial charge is 0.261 e. The molecular formula is C18H11BrFN3OS. The number of hydrogen-bond donors (Lipinski definition) is 0. The Morgan fingerprint density at radius 3 is 2.76 bits per heavy atom. The Kier molecular flexibility index (Phi) is 4.19. The molecule has 124 valence electrons. The van der Waals surface area contributed by atoms with Crippen molar-refractivity contribution in [3.05, 3.63) is 80.5 Å². The zero-order valence-electron chi connectivity index (χ0n) is 12.8. The summed E-state index contributed by atoms with van der Waals surface area (Å²) < 4.78 is 15.4. The van der Waals surface area contributed by atoms with E-state index in [4.69, 9.17) is 0 Å². The van der Waals surface area contributed by atoms with Gasteiger partial charge in [0.15, 0.2) is 0 Å². The minimum atomic E-state index is -0.277. The molecule has 4 aromatic rings. The first-order valence-corrected chi connectivity index (χ1v) is 9.12. The number of nitrogens with zero attached hydrogens (tertiary/aromatic N) is 3. The highest BCUT2D eigenvalue weighted by molar-refractivity contribution is 9.10. The number of rotatable bonds is 3. The first-order valence-electron chi connectivity index (χ1n) is 7.45. The van der Waals surface area contributed by atoms with Gasteiger partial charge in [-0.3, -0.25) is 9.36 Å². The third-order valence-electron chi connectivity index (χ3n) is 3.76. The van der Waals surface area contributed by atoms with E-state index in [1.54, 1.807) is 24.3 Å². The lowest BCUT2D eigenvalue weighted by Crippen LogP contribution is -2.21. The summed E-state index contributed by atoms with van der Waals surface area (Å²) in [5.41, 5.74) is 2.17. The molecule has 0 aliphatic carbocycles. The molecule has 0 atom stereocenters. The van der Waals surface area contributed by atoms with Gasteiger partial charge in [0, 0.05) is 15.4 Å². The van der Waals surface area contributed by atoms with Crippen LogP contribution in [0.4, 0.5) is 4.39 Å². The first kappa shape index (κ1) is 16.1. The lowest BCUT2D eigenvalue weighted by Gasteiger charge is -2.05. The summed E-state index contributed by atoms with van der Waals surface area (Å²) in [6.07, 6.45) is 1.54. The lowest BCUT2D eigenvalue weighted by molar-refractivity contribution is 0.628. The number of fused-ring (bicyclic) bond motifs is 1. The van der Waals surface area contributed by atoms with E-state index in [0.29, 0.717) is 17.4 Å². The van der Waals surface area contributed by atoms with Crippen LogP contribution in [0, 0.1) is 5.82 Å². The molecule has 2 aromatic carbocycles. The van der Waals surface area contributed by atoms with Crippen LogP contribution in [0.25, 0.3) is 21.5 Å². The Balaban J connectivity index is 1.67. The van der Waals surface area contributed by atoms with Gasteiger partial charge in [0.2, 0.25) is 0 Å². The fourth-order valence-electron chi connectivity index (χ4n) is 2.52. The average Bonchev–Trinajstić information content (AvgIpc) is 3.07. The van der Waals surface area contributed by atoms with E-state index in [2.05, 4.69) is 25.9 Å². The summed E-state index contributed by atoms with van der Waals surface area (Å²) >= 11 is 4.84. The quantitative estimate of drug-likeness (QED) is 0.495. The predicted molar refractivity (Wildman–Crippen MR) is 100 cm³/mol. The van der Waals surface area contributed by atoms with Gasteiger partial charge in [0.1, 0.15) is 10.8 Å². The molecule has 0 saturated carbocycles. The molecule has 0 radical (unpaired) electrons. The summed E-state index contributed by atoms with van der Waals surface area (Å²) in [4.78, 5) is 21.5. The number of hydrogen-bond acceptors (Lipinski definition) is 4. The molecule has 2 aromatic heterocycles. The van der Waals surface area contributed by atoms with Gasteiger partial charge in [-0.1, -0.05) is 15.9 Å². The van der Waals surface area contributed by atoms with Gasteiger partial charge in [-0.05, 0) is 42.5 Å². The summed E-state index contributed by atoms with van der Waals surface area (Å²) in [5.74, 6) is -0.277. The zero-order chi connectivity index (χ0) is 17.4. The van der Waals surface area contributed by atoms with E-state index >= 15 is 0 Å². The molecule has 7 heteroatoms. The lowest BCUT2D eigenvalue weighted by atomic mass is 10.2. The number of thiazole rings is 1. The molecule has 4 nitrogen and oxygen atoms in total. The SMILES string of the molecule is O=c1c2cc(Br)ccc2ncn1Cc1csc(-c2ccc(F)cc2)n1. The minimum absolute atomic E-state index is 0.109. The van der Waals surface area contributed by atoms with Crippen LogP contribution in [0.5, 0.6) is 0 Å². The minimum Gasteiger partial charge on any atom is -0.293 e. The maximum absolute atomic E-state index is 13.0. The van der Waals surface area contributed by atoms with E-state index in [9.17, 15) is 9.18 Å². The maximum Gasteiger partial charge on any atom is 0.261 e. The molecule has 0 spiro atoms. The largest absolute Gasteiger partial charge is 0.293 e. The average molecular weight is 416 g/mol. The highest BCUT2D eigenvalue weighted by Gasteiger charge is 2.09. The molecule has 0 amide bonds. The van der Waals surface area contributed by atoms with Crippen molar-refractivity contribution in [1.29, 1.82) is 0 Å².